The molecular weight excluding hydrogens is 426 g/mol. The Morgan fingerprint density at radius 2 is 1.81 bits per heavy atom. The molecule has 0 spiro atoms. The molecule has 1 unspecified atom stereocenters. The lowest BCUT2D eigenvalue weighted by Gasteiger charge is -2.15. The van der Waals surface area contributed by atoms with Crippen molar-refractivity contribution in [3.63, 3.8) is 0 Å². The van der Waals surface area contributed by atoms with Gasteiger partial charge >= 0.3 is 5.97 Å². The Hall–Kier alpha value is -0.980. The zero-order valence-corrected chi connectivity index (χ0v) is 14.6. The van der Waals surface area contributed by atoms with Gasteiger partial charge < -0.3 is 9.47 Å². The van der Waals surface area contributed by atoms with Crippen molar-refractivity contribution >= 4 is 51.8 Å². The summed E-state index contributed by atoms with van der Waals surface area (Å²) in [5.41, 5.74) is 0. The summed E-state index contributed by atoms with van der Waals surface area (Å²) in [5.74, 6) is 0.355. The van der Waals surface area contributed by atoms with Crippen LogP contribution in [0.4, 0.5) is 0 Å². The molecule has 0 N–H and O–H groups in total. The van der Waals surface area contributed by atoms with Crippen LogP contribution < -0.4 is 9.47 Å². The van der Waals surface area contributed by atoms with Crippen LogP contribution in [0, 0.1) is 3.57 Å². The Kier molecular flexibility index (Phi) is 5.72. The smallest absolute Gasteiger partial charge is 0.352 e. The Balaban J connectivity index is 2.00. The van der Waals surface area contributed by atoms with Gasteiger partial charge in [-0.3, -0.25) is 0 Å². The van der Waals surface area contributed by atoms with Crippen LogP contribution in [0.2, 0.25) is 10.0 Å². The summed E-state index contributed by atoms with van der Waals surface area (Å²) in [6.45, 7) is 1.60. The van der Waals surface area contributed by atoms with Gasteiger partial charge in [-0.1, -0.05) is 23.2 Å². The molecule has 0 radical (unpaired) electrons. The van der Waals surface area contributed by atoms with Crippen molar-refractivity contribution < 1.29 is 14.3 Å². The zero-order chi connectivity index (χ0) is 15.4. The van der Waals surface area contributed by atoms with E-state index in [2.05, 4.69) is 22.6 Å². The molecule has 0 bridgehead atoms. The molecule has 0 aliphatic carbocycles. The third-order valence-corrected chi connectivity index (χ3v) is 3.81. The van der Waals surface area contributed by atoms with E-state index >= 15 is 0 Å². The molecular formula is C15H11Cl2IO3. The minimum Gasteiger partial charge on any atom is -0.477 e. The molecule has 0 heterocycles. The minimum absolute atomic E-state index is 0.344. The Labute approximate surface area is 146 Å². The summed E-state index contributed by atoms with van der Waals surface area (Å²) >= 11 is 14.0. The van der Waals surface area contributed by atoms with Crippen LogP contribution in [0.25, 0.3) is 0 Å². The molecule has 0 amide bonds. The molecule has 3 nitrogen and oxygen atoms in total. The van der Waals surface area contributed by atoms with E-state index in [1.807, 2.05) is 12.1 Å². The van der Waals surface area contributed by atoms with Crippen LogP contribution in [0.3, 0.4) is 0 Å². The second kappa shape index (κ2) is 7.33. The highest BCUT2D eigenvalue weighted by Gasteiger charge is 2.18. The lowest BCUT2D eigenvalue weighted by atomic mass is 10.3. The summed E-state index contributed by atoms with van der Waals surface area (Å²) in [7, 11) is 0. The normalized spacial score (nSPS) is 11.8. The number of ether oxygens (including phenoxy) is 2. The summed E-state index contributed by atoms with van der Waals surface area (Å²) in [4.78, 5) is 12.0. The first-order valence-electron chi connectivity index (χ1n) is 6.04. The lowest BCUT2D eigenvalue weighted by Crippen LogP contribution is -2.28. The molecule has 21 heavy (non-hydrogen) atoms. The first-order chi connectivity index (χ1) is 9.95. The number of hydrogen-bond acceptors (Lipinski definition) is 3. The van der Waals surface area contributed by atoms with Gasteiger partial charge in [0.05, 0.1) is 5.02 Å². The van der Waals surface area contributed by atoms with Gasteiger partial charge in [0.25, 0.3) is 0 Å². The van der Waals surface area contributed by atoms with E-state index in [4.69, 9.17) is 32.7 Å². The number of halogens is 3. The fourth-order valence-corrected chi connectivity index (χ4v) is 2.32. The van der Waals surface area contributed by atoms with Crippen LogP contribution in [-0.2, 0) is 4.79 Å². The highest BCUT2D eigenvalue weighted by molar-refractivity contribution is 14.1. The van der Waals surface area contributed by atoms with Gasteiger partial charge in [-0.2, -0.15) is 0 Å². The van der Waals surface area contributed by atoms with E-state index in [9.17, 15) is 4.79 Å². The maximum absolute atomic E-state index is 12.0. The van der Waals surface area contributed by atoms with Crippen LogP contribution in [0.1, 0.15) is 6.92 Å². The molecule has 0 saturated heterocycles. The predicted octanol–water partition coefficient (Wildman–Crippen LogP) is 4.97. The van der Waals surface area contributed by atoms with Gasteiger partial charge in [0, 0.05) is 8.59 Å². The number of hydrogen-bond donors (Lipinski definition) is 0. The molecule has 2 rings (SSSR count). The Morgan fingerprint density at radius 3 is 2.43 bits per heavy atom. The Morgan fingerprint density at radius 1 is 1.14 bits per heavy atom. The van der Waals surface area contributed by atoms with E-state index in [0.717, 1.165) is 3.57 Å². The molecule has 2 aromatic rings. The number of esters is 1. The molecule has 0 fully saturated rings. The molecule has 110 valence electrons. The third kappa shape index (κ3) is 4.76. The highest BCUT2D eigenvalue weighted by Crippen LogP contribution is 2.28. The number of benzene rings is 2. The average molecular weight is 437 g/mol. The fourth-order valence-electron chi connectivity index (χ4n) is 1.51. The topological polar surface area (TPSA) is 35.5 Å². The van der Waals surface area contributed by atoms with Crippen LogP contribution in [0.5, 0.6) is 11.5 Å². The summed E-state index contributed by atoms with van der Waals surface area (Å²) < 4.78 is 11.8. The highest BCUT2D eigenvalue weighted by atomic mass is 127. The van der Waals surface area contributed by atoms with Gasteiger partial charge in [-0.15, -0.1) is 0 Å². The van der Waals surface area contributed by atoms with E-state index in [1.165, 1.54) is 0 Å². The van der Waals surface area contributed by atoms with E-state index in [0.29, 0.717) is 21.5 Å². The number of rotatable bonds is 4. The van der Waals surface area contributed by atoms with Crippen molar-refractivity contribution in [2.24, 2.45) is 0 Å². The second-order valence-corrected chi connectivity index (χ2v) is 6.30. The standard InChI is InChI=1S/C15H11Cl2IO3/c1-9(20-14-7-2-10(16)8-13(14)17)15(19)21-12-5-3-11(18)4-6-12/h2-9H,1H3. The maximum Gasteiger partial charge on any atom is 0.352 e. The second-order valence-electron chi connectivity index (χ2n) is 4.21. The van der Waals surface area contributed by atoms with Crippen molar-refractivity contribution in [1.82, 2.24) is 0 Å². The quantitative estimate of drug-likeness (QED) is 0.385. The minimum atomic E-state index is -0.789. The van der Waals surface area contributed by atoms with Crippen molar-refractivity contribution in [1.29, 1.82) is 0 Å². The van der Waals surface area contributed by atoms with Gasteiger partial charge in [0.1, 0.15) is 11.5 Å². The van der Waals surface area contributed by atoms with Gasteiger partial charge in [0.15, 0.2) is 6.10 Å². The third-order valence-electron chi connectivity index (χ3n) is 2.56. The largest absolute Gasteiger partial charge is 0.477 e. The van der Waals surface area contributed by atoms with Crippen molar-refractivity contribution in [2.45, 2.75) is 13.0 Å². The van der Waals surface area contributed by atoms with Crippen LogP contribution in [0.15, 0.2) is 42.5 Å². The monoisotopic (exact) mass is 436 g/mol. The van der Waals surface area contributed by atoms with E-state index in [1.54, 1.807) is 37.3 Å². The molecule has 0 aliphatic heterocycles. The summed E-state index contributed by atoms with van der Waals surface area (Å²) in [6, 6.07) is 12.0. The van der Waals surface area contributed by atoms with Crippen molar-refractivity contribution in [3.8, 4) is 11.5 Å². The first-order valence-corrected chi connectivity index (χ1v) is 7.88. The molecule has 6 heteroatoms. The van der Waals surface area contributed by atoms with Gasteiger partial charge in [-0.25, -0.2) is 4.79 Å². The first kappa shape index (κ1) is 16.4. The fraction of sp³-hybridized carbons (Fsp3) is 0.133. The maximum atomic E-state index is 12.0. The zero-order valence-electron chi connectivity index (χ0n) is 11.0. The van der Waals surface area contributed by atoms with Gasteiger partial charge in [-0.05, 0) is 72.0 Å². The Bertz CT molecular complexity index is 644. The summed E-state index contributed by atoms with van der Waals surface area (Å²) in [5, 5.41) is 0.845. The van der Waals surface area contributed by atoms with Crippen LogP contribution in [-0.4, -0.2) is 12.1 Å². The molecule has 1 atom stereocenters. The molecule has 0 aliphatic rings. The number of carbonyl (C=O) groups excluding carboxylic acids is 1. The van der Waals surface area contributed by atoms with Gasteiger partial charge in [0.2, 0.25) is 0 Å². The lowest BCUT2D eigenvalue weighted by molar-refractivity contribution is -0.141. The van der Waals surface area contributed by atoms with E-state index < -0.39 is 12.1 Å². The van der Waals surface area contributed by atoms with Crippen molar-refractivity contribution in [3.05, 3.63) is 56.1 Å². The predicted molar refractivity (Wildman–Crippen MR) is 91.3 cm³/mol. The molecule has 0 saturated carbocycles. The molecule has 2 aromatic carbocycles. The van der Waals surface area contributed by atoms with E-state index in [-0.39, 0.29) is 0 Å². The van der Waals surface area contributed by atoms with Crippen molar-refractivity contribution in [2.75, 3.05) is 0 Å². The average Bonchev–Trinajstić information content (AvgIpc) is 2.44. The summed E-state index contributed by atoms with van der Waals surface area (Å²) in [6.07, 6.45) is -0.789. The SMILES string of the molecule is CC(Oc1ccc(Cl)cc1Cl)C(=O)Oc1ccc(I)cc1. The van der Waals surface area contributed by atoms with Crippen LogP contribution >= 0.6 is 45.8 Å². The number of carbonyl (C=O) groups is 1. The molecule has 0 aromatic heterocycles.